The van der Waals surface area contributed by atoms with Crippen LogP contribution in [-0.4, -0.2) is 19.7 Å². The smallest absolute Gasteiger partial charge is 0.0717 e. The standard InChI is InChI=1S/C14H20ClNO/c15-14-5-3-13(4-6-14)11-17-10-12-2-1-8-16-9-7-12/h3-6,12,16H,1-2,7-11H2. The molecule has 0 aromatic heterocycles. The molecule has 0 saturated carbocycles. The Bertz CT molecular complexity index is 317. The van der Waals surface area contributed by atoms with Gasteiger partial charge >= 0.3 is 0 Å². The van der Waals surface area contributed by atoms with Gasteiger partial charge in [-0.25, -0.2) is 0 Å². The molecule has 1 aromatic carbocycles. The zero-order valence-corrected chi connectivity index (χ0v) is 10.9. The lowest BCUT2D eigenvalue weighted by Crippen LogP contribution is -2.15. The van der Waals surface area contributed by atoms with Gasteiger partial charge < -0.3 is 10.1 Å². The summed E-state index contributed by atoms with van der Waals surface area (Å²) in [5, 5.41) is 4.20. The Morgan fingerprint density at radius 1 is 1.18 bits per heavy atom. The average molecular weight is 254 g/mol. The van der Waals surface area contributed by atoms with Gasteiger partial charge in [0, 0.05) is 11.6 Å². The maximum absolute atomic E-state index is 5.84. The molecule has 1 aromatic rings. The normalized spacial score (nSPS) is 21.1. The summed E-state index contributed by atoms with van der Waals surface area (Å²) in [5.74, 6) is 0.720. The third-order valence-corrected chi connectivity index (χ3v) is 3.48. The molecule has 3 heteroatoms. The number of hydrogen-bond acceptors (Lipinski definition) is 2. The molecular formula is C14H20ClNO. The predicted octanol–water partition coefficient (Wildman–Crippen LogP) is 3.25. The molecular weight excluding hydrogens is 234 g/mol. The number of halogens is 1. The number of hydrogen-bond donors (Lipinski definition) is 1. The van der Waals surface area contributed by atoms with Crippen molar-refractivity contribution in [3.63, 3.8) is 0 Å². The van der Waals surface area contributed by atoms with Crippen molar-refractivity contribution < 1.29 is 4.74 Å². The van der Waals surface area contributed by atoms with Crippen LogP contribution in [0.2, 0.25) is 5.02 Å². The van der Waals surface area contributed by atoms with Crippen molar-refractivity contribution >= 4 is 11.6 Å². The minimum absolute atomic E-state index is 0.696. The van der Waals surface area contributed by atoms with E-state index < -0.39 is 0 Å². The van der Waals surface area contributed by atoms with E-state index in [9.17, 15) is 0 Å². The highest BCUT2D eigenvalue weighted by Gasteiger charge is 2.11. The second-order valence-corrected chi connectivity index (χ2v) is 5.12. The van der Waals surface area contributed by atoms with Gasteiger partial charge in [-0.3, -0.25) is 0 Å². The van der Waals surface area contributed by atoms with Crippen LogP contribution in [0.25, 0.3) is 0 Å². The van der Waals surface area contributed by atoms with Gasteiger partial charge in [-0.2, -0.15) is 0 Å². The van der Waals surface area contributed by atoms with Crippen molar-refractivity contribution in [2.75, 3.05) is 19.7 Å². The third kappa shape index (κ3) is 4.66. The topological polar surface area (TPSA) is 21.3 Å². The summed E-state index contributed by atoms with van der Waals surface area (Å²) in [6.07, 6.45) is 3.79. The van der Waals surface area contributed by atoms with Crippen LogP contribution >= 0.6 is 11.6 Å². The minimum atomic E-state index is 0.696. The molecule has 0 spiro atoms. The summed E-state index contributed by atoms with van der Waals surface area (Å²) in [7, 11) is 0. The molecule has 1 aliphatic heterocycles. The maximum atomic E-state index is 5.84. The van der Waals surface area contributed by atoms with E-state index in [0.29, 0.717) is 6.61 Å². The Morgan fingerprint density at radius 2 is 2.00 bits per heavy atom. The van der Waals surface area contributed by atoms with E-state index >= 15 is 0 Å². The number of benzene rings is 1. The molecule has 17 heavy (non-hydrogen) atoms. The van der Waals surface area contributed by atoms with Crippen LogP contribution in [0.4, 0.5) is 0 Å². The van der Waals surface area contributed by atoms with Gasteiger partial charge in [-0.1, -0.05) is 23.7 Å². The summed E-state index contributed by atoms with van der Waals surface area (Å²) in [5.41, 5.74) is 1.20. The van der Waals surface area contributed by atoms with Gasteiger partial charge in [0.2, 0.25) is 0 Å². The SMILES string of the molecule is Clc1ccc(COCC2CCCNCC2)cc1. The summed E-state index contributed by atoms with van der Waals surface area (Å²) in [4.78, 5) is 0. The Labute approximate surface area is 108 Å². The first-order valence-electron chi connectivity index (χ1n) is 6.37. The van der Waals surface area contributed by atoms with Crippen LogP contribution in [0, 0.1) is 5.92 Å². The number of ether oxygens (including phenoxy) is 1. The second-order valence-electron chi connectivity index (χ2n) is 4.69. The van der Waals surface area contributed by atoms with E-state index in [0.717, 1.165) is 30.6 Å². The monoisotopic (exact) mass is 253 g/mol. The van der Waals surface area contributed by atoms with E-state index in [4.69, 9.17) is 16.3 Å². The summed E-state index contributed by atoms with van der Waals surface area (Å²) in [6, 6.07) is 7.87. The second kappa shape index (κ2) is 7.00. The van der Waals surface area contributed by atoms with Crippen LogP contribution in [-0.2, 0) is 11.3 Å². The van der Waals surface area contributed by atoms with Crippen LogP contribution in [0.3, 0.4) is 0 Å². The fraction of sp³-hybridized carbons (Fsp3) is 0.571. The first-order chi connectivity index (χ1) is 8.34. The zero-order valence-electron chi connectivity index (χ0n) is 10.1. The summed E-state index contributed by atoms with van der Waals surface area (Å²) >= 11 is 5.84. The van der Waals surface area contributed by atoms with Crippen molar-refractivity contribution in [1.82, 2.24) is 5.32 Å². The highest BCUT2D eigenvalue weighted by atomic mass is 35.5. The van der Waals surface area contributed by atoms with Gasteiger partial charge in [0.25, 0.3) is 0 Å². The van der Waals surface area contributed by atoms with Gasteiger partial charge in [-0.15, -0.1) is 0 Å². The van der Waals surface area contributed by atoms with E-state index in [1.807, 2.05) is 24.3 Å². The van der Waals surface area contributed by atoms with Gasteiger partial charge in [0.1, 0.15) is 0 Å². The molecule has 0 bridgehead atoms. The van der Waals surface area contributed by atoms with E-state index in [-0.39, 0.29) is 0 Å². The van der Waals surface area contributed by atoms with E-state index in [1.54, 1.807) is 0 Å². The first kappa shape index (κ1) is 12.9. The lowest BCUT2D eigenvalue weighted by atomic mass is 10.0. The van der Waals surface area contributed by atoms with Crippen molar-refractivity contribution in [3.8, 4) is 0 Å². The van der Waals surface area contributed by atoms with Gasteiger partial charge in [0.05, 0.1) is 6.61 Å². The van der Waals surface area contributed by atoms with Crippen LogP contribution < -0.4 is 5.32 Å². The quantitative estimate of drug-likeness (QED) is 0.890. The van der Waals surface area contributed by atoms with Crippen LogP contribution in [0.15, 0.2) is 24.3 Å². The van der Waals surface area contributed by atoms with Crippen molar-refractivity contribution in [1.29, 1.82) is 0 Å². The molecule has 1 unspecified atom stereocenters. The number of nitrogens with one attached hydrogen (secondary N) is 1. The lowest BCUT2D eigenvalue weighted by molar-refractivity contribution is 0.0829. The molecule has 94 valence electrons. The maximum Gasteiger partial charge on any atom is 0.0717 e. The fourth-order valence-corrected chi connectivity index (χ4v) is 2.31. The van der Waals surface area contributed by atoms with Crippen LogP contribution in [0.1, 0.15) is 24.8 Å². The molecule has 1 atom stereocenters. The first-order valence-corrected chi connectivity index (χ1v) is 6.75. The Balaban J connectivity index is 1.69. The third-order valence-electron chi connectivity index (χ3n) is 3.23. The van der Waals surface area contributed by atoms with Crippen molar-refractivity contribution in [3.05, 3.63) is 34.9 Å². The Kier molecular flexibility index (Phi) is 5.30. The van der Waals surface area contributed by atoms with Crippen LogP contribution in [0.5, 0.6) is 0 Å². The van der Waals surface area contributed by atoms with E-state index in [2.05, 4.69) is 5.32 Å². The molecule has 1 heterocycles. The molecule has 2 rings (SSSR count). The molecule has 1 aliphatic rings. The zero-order chi connectivity index (χ0) is 11.9. The lowest BCUT2D eigenvalue weighted by Gasteiger charge is -2.13. The minimum Gasteiger partial charge on any atom is -0.376 e. The molecule has 0 amide bonds. The molecule has 0 aliphatic carbocycles. The summed E-state index contributed by atoms with van der Waals surface area (Å²) < 4.78 is 5.78. The average Bonchev–Trinajstić information content (AvgIpc) is 2.60. The van der Waals surface area contributed by atoms with Crippen molar-refractivity contribution in [2.45, 2.75) is 25.9 Å². The molecule has 1 N–H and O–H groups in total. The molecule has 1 fully saturated rings. The highest BCUT2D eigenvalue weighted by molar-refractivity contribution is 6.30. The highest BCUT2D eigenvalue weighted by Crippen LogP contribution is 2.15. The fourth-order valence-electron chi connectivity index (χ4n) is 2.18. The van der Waals surface area contributed by atoms with Gasteiger partial charge in [0.15, 0.2) is 0 Å². The number of rotatable bonds is 4. The summed E-state index contributed by atoms with van der Waals surface area (Å²) in [6.45, 7) is 3.87. The van der Waals surface area contributed by atoms with E-state index in [1.165, 1.54) is 24.8 Å². The van der Waals surface area contributed by atoms with Crippen molar-refractivity contribution in [2.24, 2.45) is 5.92 Å². The molecule has 2 nitrogen and oxygen atoms in total. The molecule has 1 saturated heterocycles. The Morgan fingerprint density at radius 3 is 2.82 bits per heavy atom. The molecule has 0 radical (unpaired) electrons. The largest absolute Gasteiger partial charge is 0.376 e. The Hall–Kier alpha value is -0.570. The predicted molar refractivity (Wildman–Crippen MR) is 71.3 cm³/mol. The van der Waals surface area contributed by atoms with Gasteiger partial charge in [-0.05, 0) is 56.0 Å².